The van der Waals surface area contributed by atoms with Crippen molar-refractivity contribution in [3.63, 3.8) is 0 Å². The maximum atomic E-state index is 2.46. The molecule has 2 aliphatic carbocycles. The summed E-state index contributed by atoms with van der Waals surface area (Å²) in [6, 6.07) is 65.8. The van der Waals surface area contributed by atoms with Crippen LogP contribution in [0.25, 0.3) is 93.9 Å². The van der Waals surface area contributed by atoms with E-state index < -0.39 is 0 Å². The van der Waals surface area contributed by atoms with Crippen molar-refractivity contribution >= 4 is 49.2 Å². The third-order valence-corrected chi connectivity index (χ3v) is 13.2. The number of rotatable bonds is 5. The maximum Gasteiger partial charge on any atom is 0.0541 e. The highest BCUT2D eigenvalue weighted by atomic mass is 15.0. The molecule has 0 spiro atoms. The molecule has 0 saturated carbocycles. The van der Waals surface area contributed by atoms with E-state index in [0.717, 1.165) is 18.5 Å². The Labute approximate surface area is 344 Å². The molecule has 0 atom stereocenters. The number of nitrogens with zero attached hydrogens (tertiary/aromatic N) is 2. The van der Waals surface area contributed by atoms with Crippen molar-refractivity contribution in [3.05, 3.63) is 211 Å². The van der Waals surface area contributed by atoms with Crippen molar-refractivity contribution in [2.24, 2.45) is 0 Å². The highest BCUT2D eigenvalue weighted by molar-refractivity contribution is 6.12. The summed E-state index contributed by atoms with van der Waals surface area (Å²) in [6.07, 6.45) is 8.89. The van der Waals surface area contributed by atoms with Crippen LogP contribution in [0.1, 0.15) is 43.4 Å². The third-order valence-electron chi connectivity index (χ3n) is 13.2. The molecule has 0 unspecified atom stereocenters. The van der Waals surface area contributed by atoms with Crippen molar-refractivity contribution in [1.82, 2.24) is 9.13 Å². The van der Waals surface area contributed by atoms with Gasteiger partial charge in [-0.25, -0.2) is 0 Å². The molecule has 2 aromatic heterocycles. The SMILES string of the molecule is CC1(C)c2ccccc2-c2ccc(-n3c4ccccc4c4cc(-c5ccc6c(c5)c5ccccc5n6-c5ccc(-c6ccc(C7=CC=CCC7)cc6)cc5)ccc43)cc21. The first kappa shape index (κ1) is 33.9. The van der Waals surface area contributed by atoms with Crippen molar-refractivity contribution in [1.29, 1.82) is 0 Å². The zero-order chi connectivity index (χ0) is 39.2. The van der Waals surface area contributed by atoms with Crippen LogP contribution < -0.4 is 0 Å². The second-order valence-electron chi connectivity index (χ2n) is 16.9. The first-order chi connectivity index (χ1) is 29.0. The lowest BCUT2D eigenvalue weighted by atomic mass is 9.82. The Bertz CT molecular complexity index is 3380. The predicted octanol–water partition coefficient (Wildman–Crippen LogP) is 15.3. The van der Waals surface area contributed by atoms with Gasteiger partial charge in [-0.2, -0.15) is 0 Å². The molecular formula is C57H42N2. The van der Waals surface area contributed by atoms with Gasteiger partial charge in [-0.15, -0.1) is 0 Å². The predicted molar refractivity (Wildman–Crippen MR) is 250 cm³/mol. The Morgan fingerprint density at radius 2 is 0.915 bits per heavy atom. The lowest BCUT2D eigenvalue weighted by Gasteiger charge is -2.22. The number of hydrogen-bond acceptors (Lipinski definition) is 0. The van der Waals surface area contributed by atoms with Gasteiger partial charge in [-0.05, 0) is 129 Å². The Hall–Kier alpha value is -7.16. The van der Waals surface area contributed by atoms with Gasteiger partial charge in [0.15, 0.2) is 0 Å². The van der Waals surface area contributed by atoms with Gasteiger partial charge >= 0.3 is 0 Å². The van der Waals surface area contributed by atoms with Crippen LogP contribution in [0.15, 0.2) is 194 Å². The zero-order valence-electron chi connectivity index (χ0n) is 33.3. The average molecular weight is 755 g/mol. The molecule has 2 heteroatoms. The monoisotopic (exact) mass is 754 g/mol. The molecule has 0 radical (unpaired) electrons. The smallest absolute Gasteiger partial charge is 0.0541 e. The highest BCUT2D eigenvalue weighted by Crippen LogP contribution is 2.49. The summed E-state index contributed by atoms with van der Waals surface area (Å²) < 4.78 is 4.87. The van der Waals surface area contributed by atoms with E-state index in [4.69, 9.17) is 0 Å². The van der Waals surface area contributed by atoms with Crippen LogP contribution in [-0.4, -0.2) is 9.13 Å². The van der Waals surface area contributed by atoms with Crippen LogP contribution in [0.4, 0.5) is 0 Å². The minimum absolute atomic E-state index is 0.0589. The van der Waals surface area contributed by atoms with Crippen LogP contribution in [0.5, 0.6) is 0 Å². The van der Waals surface area contributed by atoms with Gasteiger partial charge in [0.25, 0.3) is 0 Å². The fraction of sp³-hybridized carbons (Fsp3) is 0.0877. The van der Waals surface area contributed by atoms with Gasteiger partial charge in [0.05, 0.1) is 22.1 Å². The molecule has 59 heavy (non-hydrogen) atoms. The molecule has 10 aromatic rings. The summed E-state index contributed by atoms with van der Waals surface area (Å²) in [4.78, 5) is 0. The van der Waals surface area contributed by atoms with Crippen LogP contribution >= 0.6 is 0 Å². The van der Waals surface area contributed by atoms with E-state index in [1.807, 2.05) is 0 Å². The molecule has 12 rings (SSSR count). The topological polar surface area (TPSA) is 9.86 Å². The van der Waals surface area contributed by atoms with Gasteiger partial charge in [0.2, 0.25) is 0 Å². The molecule has 0 fully saturated rings. The molecule has 0 bridgehead atoms. The highest BCUT2D eigenvalue weighted by Gasteiger charge is 2.35. The van der Waals surface area contributed by atoms with E-state index in [-0.39, 0.29) is 5.41 Å². The number of aromatic nitrogens is 2. The van der Waals surface area contributed by atoms with E-state index in [2.05, 4.69) is 217 Å². The van der Waals surface area contributed by atoms with E-state index in [0.29, 0.717) is 0 Å². The minimum atomic E-state index is -0.0589. The largest absolute Gasteiger partial charge is 0.309 e. The van der Waals surface area contributed by atoms with E-state index >= 15 is 0 Å². The zero-order valence-corrected chi connectivity index (χ0v) is 33.3. The first-order valence-corrected chi connectivity index (χ1v) is 20.9. The van der Waals surface area contributed by atoms with Gasteiger partial charge in [-0.3, -0.25) is 0 Å². The molecule has 0 N–H and O–H groups in total. The molecule has 280 valence electrons. The molecule has 2 aliphatic rings. The molecule has 0 amide bonds. The van der Waals surface area contributed by atoms with Crippen LogP contribution in [0.3, 0.4) is 0 Å². The third kappa shape index (κ3) is 5.19. The Morgan fingerprint density at radius 1 is 0.407 bits per heavy atom. The number of hydrogen-bond donors (Lipinski definition) is 0. The molecular weight excluding hydrogens is 713 g/mol. The standard InChI is InChI=1S/C57H42N2/c1-57(2)51-17-9-6-14-45(51)46-31-30-44(36-52(46)57)59-54-19-11-8-16-48(54)50-35-42(27-33-56(50)59)41-26-32-55-49(34-41)47-15-7-10-18-53(47)58(55)43-28-24-40(25-29-43)39-22-20-38(21-23-39)37-12-4-3-5-13-37/h3-4,6-12,14-36H,5,13H2,1-2H3. The molecule has 2 nitrogen and oxygen atoms in total. The van der Waals surface area contributed by atoms with Crippen molar-refractivity contribution in [2.45, 2.75) is 32.1 Å². The van der Waals surface area contributed by atoms with E-state index in [1.165, 1.54) is 105 Å². The normalized spacial score (nSPS) is 14.3. The second-order valence-corrected chi connectivity index (χ2v) is 16.9. The summed E-state index contributed by atoms with van der Waals surface area (Å²) in [7, 11) is 0. The molecule has 2 heterocycles. The average Bonchev–Trinajstić information content (AvgIpc) is 3.89. The maximum absolute atomic E-state index is 2.46. The number of para-hydroxylation sites is 2. The van der Waals surface area contributed by atoms with Crippen LogP contribution in [0, 0.1) is 0 Å². The van der Waals surface area contributed by atoms with Gasteiger partial charge < -0.3 is 9.13 Å². The summed E-state index contributed by atoms with van der Waals surface area (Å²) >= 11 is 0. The number of benzene rings is 8. The lowest BCUT2D eigenvalue weighted by Crippen LogP contribution is -2.15. The second kappa shape index (κ2) is 12.9. The Kier molecular flexibility index (Phi) is 7.43. The van der Waals surface area contributed by atoms with Crippen molar-refractivity contribution in [2.75, 3.05) is 0 Å². The summed E-state index contributed by atoms with van der Waals surface area (Å²) in [5, 5.41) is 5.05. The van der Waals surface area contributed by atoms with Crippen molar-refractivity contribution in [3.8, 4) is 44.8 Å². The first-order valence-electron chi connectivity index (χ1n) is 20.9. The van der Waals surface area contributed by atoms with Gasteiger partial charge in [-0.1, -0.05) is 147 Å². The molecule has 8 aromatic carbocycles. The van der Waals surface area contributed by atoms with Crippen LogP contribution in [-0.2, 0) is 5.41 Å². The minimum Gasteiger partial charge on any atom is -0.309 e. The van der Waals surface area contributed by atoms with E-state index in [1.54, 1.807) is 0 Å². The summed E-state index contributed by atoms with van der Waals surface area (Å²) in [5.74, 6) is 0. The lowest BCUT2D eigenvalue weighted by molar-refractivity contribution is 0.660. The molecule has 0 saturated heterocycles. The Morgan fingerprint density at radius 3 is 1.56 bits per heavy atom. The summed E-state index contributed by atoms with van der Waals surface area (Å²) in [5.41, 5.74) is 20.3. The number of allylic oxidation sites excluding steroid dienone is 4. The molecule has 0 aliphatic heterocycles. The fourth-order valence-electron chi connectivity index (χ4n) is 10.2. The van der Waals surface area contributed by atoms with Crippen LogP contribution in [0.2, 0.25) is 0 Å². The van der Waals surface area contributed by atoms with Gasteiger partial charge in [0, 0.05) is 38.3 Å². The fourth-order valence-corrected chi connectivity index (χ4v) is 10.2. The quantitative estimate of drug-likeness (QED) is 0.166. The summed E-state index contributed by atoms with van der Waals surface area (Å²) in [6.45, 7) is 4.72. The van der Waals surface area contributed by atoms with E-state index in [9.17, 15) is 0 Å². The number of fused-ring (bicyclic) bond motifs is 9. The van der Waals surface area contributed by atoms with Gasteiger partial charge in [0.1, 0.15) is 0 Å². The Balaban J connectivity index is 0.928. The van der Waals surface area contributed by atoms with Crippen molar-refractivity contribution < 1.29 is 0 Å².